The van der Waals surface area contributed by atoms with Gasteiger partial charge in [-0.05, 0) is 38.4 Å². The molecule has 0 N–H and O–H groups in total. The number of hydrogen-bond donors (Lipinski definition) is 0. The molecular weight excluding hydrogens is 312 g/mol. The number of para-hydroxylation sites is 1. The van der Waals surface area contributed by atoms with Gasteiger partial charge in [-0.15, -0.1) is 0 Å². The maximum Gasteiger partial charge on any atom is 0.236 e. The normalized spacial score (nSPS) is 15.0. The van der Waals surface area contributed by atoms with Crippen molar-refractivity contribution >= 4 is 5.91 Å². The molecule has 0 bridgehead atoms. The minimum absolute atomic E-state index is 0.165. The van der Waals surface area contributed by atoms with Crippen molar-refractivity contribution in [1.82, 2.24) is 19.6 Å². The number of aryl methyl sites for hydroxylation is 1. The molecule has 1 aliphatic carbocycles. The first-order valence-electron chi connectivity index (χ1n) is 9.08. The van der Waals surface area contributed by atoms with Crippen LogP contribution in [0.15, 0.2) is 36.7 Å². The van der Waals surface area contributed by atoms with Crippen molar-refractivity contribution in [1.29, 1.82) is 0 Å². The third-order valence-electron chi connectivity index (χ3n) is 5.18. The van der Waals surface area contributed by atoms with Gasteiger partial charge in [0.25, 0.3) is 0 Å². The van der Waals surface area contributed by atoms with Crippen LogP contribution in [-0.4, -0.2) is 52.2 Å². The van der Waals surface area contributed by atoms with Crippen LogP contribution in [0.2, 0.25) is 0 Å². The van der Waals surface area contributed by atoms with Crippen molar-refractivity contribution in [3.63, 3.8) is 0 Å². The van der Waals surface area contributed by atoms with Gasteiger partial charge in [-0.3, -0.25) is 9.69 Å². The van der Waals surface area contributed by atoms with Gasteiger partial charge in [0, 0.05) is 31.4 Å². The molecule has 5 heteroatoms. The van der Waals surface area contributed by atoms with E-state index in [0.717, 1.165) is 11.3 Å². The molecule has 1 aliphatic rings. The summed E-state index contributed by atoms with van der Waals surface area (Å²) < 4.78 is 1.88. The summed E-state index contributed by atoms with van der Waals surface area (Å²) in [5, 5.41) is 4.45. The molecule has 25 heavy (non-hydrogen) atoms. The van der Waals surface area contributed by atoms with E-state index in [1.54, 1.807) is 4.90 Å². The number of benzene rings is 1. The molecule has 5 nitrogen and oxygen atoms in total. The fourth-order valence-corrected chi connectivity index (χ4v) is 3.56. The van der Waals surface area contributed by atoms with Gasteiger partial charge in [-0.25, -0.2) is 4.68 Å². The van der Waals surface area contributed by atoms with Crippen LogP contribution in [0.25, 0.3) is 5.69 Å². The molecule has 0 radical (unpaired) electrons. The zero-order chi connectivity index (χ0) is 17.8. The highest BCUT2D eigenvalue weighted by atomic mass is 16.2. The van der Waals surface area contributed by atoms with Crippen molar-refractivity contribution in [2.45, 2.75) is 45.2 Å². The number of aromatic nitrogens is 2. The number of carbonyl (C=O) groups excluding carboxylic acids is 1. The van der Waals surface area contributed by atoms with Gasteiger partial charge in [-0.2, -0.15) is 5.10 Å². The molecule has 2 aromatic rings. The molecule has 0 atom stereocenters. The average Bonchev–Trinajstić information content (AvgIpc) is 3.27. The molecule has 134 valence electrons. The van der Waals surface area contributed by atoms with Gasteiger partial charge in [0.05, 0.1) is 18.4 Å². The van der Waals surface area contributed by atoms with Crippen LogP contribution < -0.4 is 0 Å². The van der Waals surface area contributed by atoms with Gasteiger partial charge in [0.15, 0.2) is 0 Å². The molecule has 0 unspecified atom stereocenters. The number of hydrogen-bond acceptors (Lipinski definition) is 3. The van der Waals surface area contributed by atoms with Crippen LogP contribution in [0.1, 0.15) is 36.8 Å². The third kappa shape index (κ3) is 4.28. The van der Waals surface area contributed by atoms with Crippen molar-refractivity contribution < 1.29 is 4.79 Å². The number of likely N-dealkylation sites (N-methyl/N-ethyl adjacent to an activating group) is 2. The third-order valence-corrected chi connectivity index (χ3v) is 5.18. The lowest BCUT2D eigenvalue weighted by molar-refractivity contribution is -0.131. The van der Waals surface area contributed by atoms with E-state index in [2.05, 4.69) is 36.1 Å². The maximum atomic E-state index is 12.5. The number of carbonyl (C=O) groups is 1. The van der Waals surface area contributed by atoms with Crippen LogP contribution >= 0.6 is 0 Å². The zero-order valence-corrected chi connectivity index (χ0v) is 15.5. The van der Waals surface area contributed by atoms with E-state index in [9.17, 15) is 4.79 Å². The first-order chi connectivity index (χ1) is 12.0. The van der Waals surface area contributed by atoms with Gasteiger partial charge in [0.1, 0.15) is 0 Å². The van der Waals surface area contributed by atoms with Gasteiger partial charge >= 0.3 is 0 Å². The molecule has 0 aliphatic heterocycles. The first-order valence-corrected chi connectivity index (χ1v) is 9.08. The van der Waals surface area contributed by atoms with Crippen LogP contribution in [-0.2, 0) is 11.3 Å². The summed E-state index contributed by atoms with van der Waals surface area (Å²) in [6, 6.07) is 8.73. The maximum absolute atomic E-state index is 12.5. The number of rotatable bonds is 6. The molecule has 1 saturated carbocycles. The van der Waals surface area contributed by atoms with Crippen molar-refractivity contribution in [2.75, 3.05) is 20.6 Å². The van der Waals surface area contributed by atoms with Crippen LogP contribution in [0.4, 0.5) is 0 Å². The second kappa shape index (κ2) is 7.83. The quantitative estimate of drug-likeness (QED) is 0.812. The fraction of sp³-hybridized carbons (Fsp3) is 0.500. The highest BCUT2D eigenvalue weighted by Gasteiger charge is 2.22. The van der Waals surface area contributed by atoms with Crippen LogP contribution in [0, 0.1) is 6.92 Å². The minimum atomic E-state index is 0.165. The van der Waals surface area contributed by atoms with Gasteiger partial charge in [-0.1, -0.05) is 31.0 Å². The Morgan fingerprint density at radius 1 is 1.24 bits per heavy atom. The van der Waals surface area contributed by atoms with E-state index in [1.807, 2.05) is 36.3 Å². The van der Waals surface area contributed by atoms with E-state index in [4.69, 9.17) is 0 Å². The molecule has 3 rings (SSSR count). The molecule has 1 fully saturated rings. The Bertz CT molecular complexity index is 718. The lowest BCUT2D eigenvalue weighted by Crippen LogP contribution is -2.40. The first kappa shape index (κ1) is 17.7. The SMILES string of the molecule is Cc1ccccc1-n1cc(CN(C)C(=O)CN(C)C2CCCC2)cn1. The topological polar surface area (TPSA) is 41.4 Å². The summed E-state index contributed by atoms with van der Waals surface area (Å²) in [6.45, 7) is 3.15. The molecule has 1 aromatic carbocycles. The number of nitrogens with zero attached hydrogens (tertiary/aromatic N) is 4. The fourth-order valence-electron chi connectivity index (χ4n) is 3.56. The Hall–Kier alpha value is -2.14. The lowest BCUT2D eigenvalue weighted by Gasteiger charge is -2.26. The highest BCUT2D eigenvalue weighted by Crippen LogP contribution is 2.22. The summed E-state index contributed by atoms with van der Waals surface area (Å²) in [7, 11) is 3.94. The highest BCUT2D eigenvalue weighted by molar-refractivity contribution is 5.78. The van der Waals surface area contributed by atoms with Crippen molar-refractivity contribution in [3.8, 4) is 5.69 Å². The summed E-state index contributed by atoms with van der Waals surface area (Å²) >= 11 is 0. The summed E-state index contributed by atoms with van der Waals surface area (Å²) in [6.07, 6.45) is 8.87. The largest absolute Gasteiger partial charge is 0.340 e. The van der Waals surface area contributed by atoms with E-state index in [-0.39, 0.29) is 5.91 Å². The summed E-state index contributed by atoms with van der Waals surface area (Å²) in [4.78, 5) is 16.5. The van der Waals surface area contributed by atoms with E-state index in [0.29, 0.717) is 19.1 Å². The Kier molecular flexibility index (Phi) is 5.53. The van der Waals surface area contributed by atoms with Crippen LogP contribution in [0.5, 0.6) is 0 Å². The summed E-state index contributed by atoms with van der Waals surface area (Å²) in [5.74, 6) is 0.165. The molecule has 1 aromatic heterocycles. The van der Waals surface area contributed by atoms with E-state index in [1.165, 1.54) is 31.2 Å². The molecular formula is C20H28N4O. The molecule has 1 amide bonds. The molecule has 1 heterocycles. The van der Waals surface area contributed by atoms with Crippen molar-refractivity contribution in [3.05, 3.63) is 47.8 Å². The minimum Gasteiger partial charge on any atom is -0.340 e. The predicted molar refractivity (Wildman–Crippen MR) is 99.7 cm³/mol. The van der Waals surface area contributed by atoms with Crippen LogP contribution in [0.3, 0.4) is 0 Å². The second-order valence-corrected chi connectivity index (χ2v) is 7.18. The monoisotopic (exact) mass is 340 g/mol. The second-order valence-electron chi connectivity index (χ2n) is 7.18. The molecule has 0 spiro atoms. The summed E-state index contributed by atoms with van der Waals surface area (Å²) in [5.41, 5.74) is 3.30. The zero-order valence-electron chi connectivity index (χ0n) is 15.5. The Labute approximate surface area is 150 Å². The smallest absolute Gasteiger partial charge is 0.236 e. The average molecular weight is 340 g/mol. The Morgan fingerprint density at radius 2 is 1.96 bits per heavy atom. The molecule has 0 saturated heterocycles. The lowest BCUT2D eigenvalue weighted by atomic mass is 10.2. The van der Waals surface area contributed by atoms with Crippen molar-refractivity contribution in [2.24, 2.45) is 0 Å². The Balaban J connectivity index is 1.58. The van der Waals surface area contributed by atoms with E-state index >= 15 is 0 Å². The number of amides is 1. The van der Waals surface area contributed by atoms with E-state index < -0.39 is 0 Å². The predicted octanol–water partition coefficient (Wildman–Crippen LogP) is 3.01. The van der Waals surface area contributed by atoms with Gasteiger partial charge in [0.2, 0.25) is 5.91 Å². The van der Waals surface area contributed by atoms with Gasteiger partial charge < -0.3 is 4.90 Å². The standard InChI is InChI=1S/C20H28N4O/c1-16-8-4-7-11-19(16)24-14-17(12-21-24)13-23(3)20(25)15-22(2)18-9-5-6-10-18/h4,7-8,11-12,14,18H,5-6,9-10,13,15H2,1-3H3. The Morgan fingerprint density at radius 3 is 2.68 bits per heavy atom.